The number of halogens is 1. The summed E-state index contributed by atoms with van der Waals surface area (Å²) in [7, 11) is 1.68. The minimum atomic E-state index is -0.853. The van der Waals surface area contributed by atoms with Crippen molar-refractivity contribution in [2.24, 2.45) is 0 Å². The largest absolute Gasteiger partial charge is 0.481 e. The van der Waals surface area contributed by atoms with Crippen LogP contribution in [0, 0.1) is 0 Å². The zero-order valence-corrected chi connectivity index (χ0v) is 14.7. The molecule has 0 unspecified atom stereocenters. The fraction of sp³-hybridized carbons (Fsp3) is 0.412. The molecule has 0 radical (unpaired) electrons. The summed E-state index contributed by atoms with van der Waals surface area (Å²) in [4.78, 5) is 28.3. The van der Waals surface area contributed by atoms with Crippen LogP contribution in [0.4, 0.5) is 0 Å². The SMILES string of the molecule is CN(CCCC(=O)O)C(=O)CCCc1nc(-c2ccc(Cl)cc2)no1. The van der Waals surface area contributed by atoms with Crippen LogP contribution in [0.3, 0.4) is 0 Å². The molecule has 2 aromatic rings. The third-order valence-electron chi connectivity index (χ3n) is 3.66. The van der Waals surface area contributed by atoms with Crippen molar-refractivity contribution in [3.63, 3.8) is 0 Å². The quantitative estimate of drug-likeness (QED) is 0.733. The summed E-state index contributed by atoms with van der Waals surface area (Å²) >= 11 is 5.85. The summed E-state index contributed by atoms with van der Waals surface area (Å²) in [6, 6.07) is 7.14. The Morgan fingerprint density at radius 2 is 1.92 bits per heavy atom. The van der Waals surface area contributed by atoms with Crippen LogP contribution in [0.25, 0.3) is 11.4 Å². The van der Waals surface area contributed by atoms with E-state index in [-0.39, 0.29) is 12.3 Å². The maximum Gasteiger partial charge on any atom is 0.303 e. The number of carbonyl (C=O) groups excluding carboxylic acids is 1. The van der Waals surface area contributed by atoms with E-state index in [1.165, 1.54) is 0 Å². The lowest BCUT2D eigenvalue weighted by molar-refractivity contribution is -0.138. The van der Waals surface area contributed by atoms with Gasteiger partial charge in [0.1, 0.15) is 0 Å². The Labute approximate surface area is 150 Å². The van der Waals surface area contributed by atoms with Crippen molar-refractivity contribution in [1.29, 1.82) is 0 Å². The second-order valence-electron chi connectivity index (χ2n) is 5.68. The molecule has 1 heterocycles. The first kappa shape index (κ1) is 18.9. The van der Waals surface area contributed by atoms with Crippen molar-refractivity contribution < 1.29 is 19.2 Å². The Morgan fingerprint density at radius 3 is 2.60 bits per heavy atom. The van der Waals surface area contributed by atoms with Crippen LogP contribution in [0.1, 0.15) is 31.6 Å². The van der Waals surface area contributed by atoms with E-state index in [9.17, 15) is 9.59 Å². The molecule has 0 spiro atoms. The zero-order chi connectivity index (χ0) is 18.2. The van der Waals surface area contributed by atoms with Crippen LogP contribution in [0.15, 0.2) is 28.8 Å². The van der Waals surface area contributed by atoms with Crippen LogP contribution < -0.4 is 0 Å². The molecule has 7 nitrogen and oxygen atoms in total. The highest BCUT2D eigenvalue weighted by Crippen LogP contribution is 2.19. The molecule has 0 saturated heterocycles. The van der Waals surface area contributed by atoms with Crippen molar-refractivity contribution in [2.45, 2.75) is 32.1 Å². The van der Waals surface area contributed by atoms with Gasteiger partial charge in [-0.1, -0.05) is 16.8 Å². The Balaban J connectivity index is 1.75. The van der Waals surface area contributed by atoms with E-state index in [1.54, 1.807) is 24.1 Å². The smallest absolute Gasteiger partial charge is 0.303 e. The van der Waals surface area contributed by atoms with Gasteiger partial charge in [0.15, 0.2) is 0 Å². The van der Waals surface area contributed by atoms with Gasteiger partial charge >= 0.3 is 5.97 Å². The second-order valence-corrected chi connectivity index (χ2v) is 6.12. The van der Waals surface area contributed by atoms with Crippen molar-refractivity contribution >= 4 is 23.5 Å². The molecule has 2 rings (SSSR count). The summed E-state index contributed by atoms with van der Waals surface area (Å²) in [6.45, 7) is 0.437. The molecule has 0 aliphatic rings. The average molecular weight is 366 g/mol. The fourth-order valence-electron chi connectivity index (χ4n) is 2.25. The summed E-state index contributed by atoms with van der Waals surface area (Å²) in [5.41, 5.74) is 0.814. The highest BCUT2D eigenvalue weighted by Gasteiger charge is 2.12. The van der Waals surface area contributed by atoms with E-state index in [2.05, 4.69) is 10.1 Å². The second kappa shape index (κ2) is 9.17. The molecule has 0 saturated carbocycles. The monoisotopic (exact) mass is 365 g/mol. The highest BCUT2D eigenvalue weighted by molar-refractivity contribution is 6.30. The number of carboxylic acid groups (broad SMARTS) is 1. The molecule has 1 aromatic heterocycles. The number of hydrogen-bond donors (Lipinski definition) is 1. The van der Waals surface area contributed by atoms with Gasteiger partial charge in [0.25, 0.3) is 0 Å². The van der Waals surface area contributed by atoms with Gasteiger partial charge in [0.2, 0.25) is 17.6 Å². The first-order chi connectivity index (χ1) is 12.0. The van der Waals surface area contributed by atoms with Gasteiger partial charge in [-0.3, -0.25) is 9.59 Å². The normalized spacial score (nSPS) is 10.6. The van der Waals surface area contributed by atoms with E-state index in [1.807, 2.05) is 12.1 Å². The van der Waals surface area contributed by atoms with E-state index in [4.69, 9.17) is 21.2 Å². The lowest BCUT2D eigenvalue weighted by atomic mass is 10.2. The summed E-state index contributed by atoms with van der Waals surface area (Å²) in [6.07, 6.45) is 1.96. The third-order valence-corrected chi connectivity index (χ3v) is 3.91. The molecule has 0 fully saturated rings. The summed E-state index contributed by atoms with van der Waals surface area (Å²) in [5, 5.41) is 13.2. The number of benzene rings is 1. The maximum atomic E-state index is 12.0. The number of amides is 1. The minimum Gasteiger partial charge on any atom is -0.481 e. The molecule has 1 N–H and O–H groups in total. The van der Waals surface area contributed by atoms with Gasteiger partial charge in [0, 0.05) is 43.4 Å². The van der Waals surface area contributed by atoms with Gasteiger partial charge in [-0.25, -0.2) is 0 Å². The number of nitrogens with zero attached hydrogens (tertiary/aromatic N) is 3. The minimum absolute atomic E-state index is 0.0252. The van der Waals surface area contributed by atoms with Crippen molar-refractivity contribution in [1.82, 2.24) is 15.0 Å². The lowest BCUT2D eigenvalue weighted by Crippen LogP contribution is -2.27. The summed E-state index contributed by atoms with van der Waals surface area (Å²) < 4.78 is 5.20. The Hall–Kier alpha value is -2.41. The predicted octanol–water partition coefficient (Wildman–Crippen LogP) is 3.04. The lowest BCUT2D eigenvalue weighted by Gasteiger charge is -2.16. The Kier molecular flexibility index (Phi) is 6.94. The first-order valence-corrected chi connectivity index (χ1v) is 8.38. The molecular formula is C17H20ClN3O4. The number of rotatable bonds is 9. The standard InChI is InChI=1S/C17H20ClN3O4/c1-21(11-3-6-16(23)24)15(22)5-2-4-14-19-17(20-25-14)12-7-9-13(18)10-8-12/h7-10H,2-6,11H2,1H3,(H,23,24). The van der Waals surface area contributed by atoms with Crippen molar-refractivity contribution in [3.8, 4) is 11.4 Å². The molecule has 0 aliphatic heterocycles. The predicted molar refractivity (Wildman–Crippen MR) is 92.2 cm³/mol. The van der Waals surface area contributed by atoms with Crippen LogP contribution in [0.2, 0.25) is 5.02 Å². The fourth-order valence-corrected chi connectivity index (χ4v) is 2.37. The van der Waals surface area contributed by atoms with E-state index in [0.717, 1.165) is 5.56 Å². The zero-order valence-electron chi connectivity index (χ0n) is 13.9. The van der Waals surface area contributed by atoms with Crippen LogP contribution in [-0.2, 0) is 16.0 Å². The van der Waals surface area contributed by atoms with Crippen LogP contribution in [-0.4, -0.2) is 45.6 Å². The average Bonchev–Trinajstić information content (AvgIpc) is 3.03. The molecule has 8 heteroatoms. The molecule has 134 valence electrons. The van der Waals surface area contributed by atoms with Gasteiger partial charge in [-0.2, -0.15) is 4.98 Å². The molecule has 0 bridgehead atoms. The van der Waals surface area contributed by atoms with Gasteiger partial charge < -0.3 is 14.5 Å². The first-order valence-electron chi connectivity index (χ1n) is 8.00. The number of carboxylic acids is 1. The molecule has 1 aromatic carbocycles. The maximum absolute atomic E-state index is 12.0. The van der Waals surface area contributed by atoms with Crippen molar-refractivity contribution in [2.75, 3.05) is 13.6 Å². The van der Waals surface area contributed by atoms with Gasteiger partial charge in [0.05, 0.1) is 0 Å². The van der Waals surface area contributed by atoms with E-state index >= 15 is 0 Å². The number of hydrogen-bond acceptors (Lipinski definition) is 5. The molecule has 1 amide bonds. The van der Waals surface area contributed by atoms with Gasteiger partial charge in [-0.15, -0.1) is 0 Å². The van der Waals surface area contributed by atoms with E-state index in [0.29, 0.717) is 49.0 Å². The van der Waals surface area contributed by atoms with Crippen molar-refractivity contribution in [3.05, 3.63) is 35.2 Å². The molecule has 0 aliphatic carbocycles. The number of aryl methyl sites for hydroxylation is 1. The number of aromatic nitrogens is 2. The van der Waals surface area contributed by atoms with E-state index < -0.39 is 5.97 Å². The molecule has 25 heavy (non-hydrogen) atoms. The topological polar surface area (TPSA) is 96.5 Å². The summed E-state index contributed by atoms with van der Waals surface area (Å²) in [5.74, 6) is 0.0895. The van der Waals surface area contributed by atoms with Gasteiger partial charge in [-0.05, 0) is 37.1 Å². The highest BCUT2D eigenvalue weighted by atomic mass is 35.5. The van der Waals surface area contributed by atoms with Crippen LogP contribution >= 0.6 is 11.6 Å². The number of carbonyl (C=O) groups is 2. The Morgan fingerprint density at radius 1 is 1.20 bits per heavy atom. The molecule has 0 atom stereocenters. The number of aliphatic carboxylic acids is 1. The van der Waals surface area contributed by atoms with Crippen LogP contribution in [0.5, 0.6) is 0 Å². The third kappa shape index (κ3) is 6.19. The Bertz CT molecular complexity index is 715. The molecular weight excluding hydrogens is 346 g/mol.